The van der Waals surface area contributed by atoms with Crippen molar-refractivity contribution in [1.82, 2.24) is 4.90 Å². The standard InChI is InChI=1S/C14H21NO3/c16-13-6-3-4-10(13)11-5-1-2-8-15(11)12-7-9-18-14(12)17/h10-12H,1-9H2. The molecule has 4 heteroatoms. The van der Waals surface area contributed by atoms with E-state index < -0.39 is 0 Å². The first-order valence-electron chi connectivity index (χ1n) is 7.22. The number of esters is 1. The Kier molecular flexibility index (Phi) is 3.37. The SMILES string of the molecule is O=C1CCCC1C1CCCCN1C1CCOC1=O. The molecule has 3 unspecified atom stereocenters. The third kappa shape index (κ3) is 2.07. The lowest BCUT2D eigenvalue weighted by molar-refractivity contribution is -0.144. The van der Waals surface area contributed by atoms with E-state index in [1.807, 2.05) is 0 Å². The third-order valence-electron chi connectivity index (χ3n) is 4.72. The van der Waals surface area contributed by atoms with E-state index in [0.717, 1.165) is 45.1 Å². The molecule has 2 aliphatic heterocycles. The Balaban J connectivity index is 1.77. The Hall–Kier alpha value is -0.900. The van der Waals surface area contributed by atoms with Crippen molar-refractivity contribution in [2.24, 2.45) is 5.92 Å². The minimum absolute atomic E-state index is 0.0765. The van der Waals surface area contributed by atoms with E-state index in [1.54, 1.807) is 0 Å². The van der Waals surface area contributed by atoms with Crippen LogP contribution in [0.1, 0.15) is 44.9 Å². The molecule has 1 aliphatic carbocycles. The highest BCUT2D eigenvalue weighted by Gasteiger charge is 2.43. The van der Waals surface area contributed by atoms with E-state index in [4.69, 9.17) is 4.74 Å². The Bertz CT molecular complexity index is 321. The number of ketones is 1. The summed E-state index contributed by atoms with van der Waals surface area (Å²) in [4.78, 5) is 26.0. The molecule has 0 aromatic heterocycles. The zero-order valence-electron chi connectivity index (χ0n) is 10.8. The van der Waals surface area contributed by atoms with E-state index in [0.29, 0.717) is 18.4 Å². The van der Waals surface area contributed by atoms with Gasteiger partial charge in [-0.2, -0.15) is 0 Å². The fourth-order valence-corrected chi connectivity index (χ4v) is 3.83. The summed E-state index contributed by atoms with van der Waals surface area (Å²) < 4.78 is 5.09. The van der Waals surface area contributed by atoms with Crippen LogP contribution in [-0.4, -0.2) is 41.9 Å². The van der Waals surface area contributed by atoms with Crippen molar-refractivity contribution in [2.45, 2.75) is 57.0 Å². The van der Waals surface area contributed by atoms with Crippen LogP contribution in [0.25, 0.3) is 0 Å². The highest BCUT2D eigenvalue weighted by atomic mass is 16.5. The number of nitrogens with zero attached hydrogens (tertiary/aromatic N) is 1. The zero-order valence-corrected chi connectivity index (χ0v) is 10.8. The van der Waals surface area contributed by atoms with Crippen molar-refractivity contribution < 1.29 is 14.3 Å². The van der Waals surface area contributed by atoms with Crippen LogP contribution in [0.3, 0.4) is 0 Å². The van der Waals surface area contributed by atoms with E-state index in [1.165, 1.54) is 6.42 Å². The number of ether oxygens (including phenoxy) is 1. The second-order valence-corrected chi connectivity index (χ2v) is 5.74. The van der Waals surface area contributed by atoms with E-state index >= 15 is 0 Å². The van der Waals surface area contributed by atoms with Crippen molar-refractivity contribution in [3.05, 3.63) is 0 Å². The van der Waals surface area contributed by atoms with Crippen LogP contribution in [0.5, 0.6) is 0 Å². The first kappa shape index (κ1) is 12.2. The predicted octanol–water partition coefficient (Wildman–Crippen LogP) is 1.53. The highest BCUT2D eigenvalue weighted by Crippen LogP contribution is 2.35. The average molecular weight is 251 g/mol. The van der Waals surface area contributed by atoms with Gasteiger partial charge in [0.25, 0.3) is 0 Å². The second-order valence-electron chi connectivity index (χ2n) is 5.74. The molecule has 0 bridgehead atoms. The molecule has 4 nitrogen and oxygen atoms in total. The number of piperidine rings is 1. The number of likely N-dealkylation sites (tertiary alicyclic amines) is 1. The minimum atomic E-state index is -0.0799. The molecule has 3 rings (SSSR count). The topological polar surface area (TPSA) is 46.6 Å². The lowest BCUT2D eigenvalue weighted by atomic mass is 9.87. The fraction of sp³-hybridized carbons (Fsp3) is 0.857. The smallest absolute Gasteiger partial charge is 0.323 e. The van der Waals surface area contributed by atoms with Gasteiger partial charge in [-0.3, -0.25) is 14.5 Å². The largest absolute Gasteiger partial charge is 0.464 e. The number of hydrogen-bond acceptors (Lipinski definition) is 4. The predicted molar refractivity (Wildman–Crippen MR) is 66.1 cm³/mol. The summed E-state index contributed by atoms with van der Waals surface area (Å²) in [5, 5.41) is 0. The van der Waals surface area contributed by atoms with Gasteiger partial charge < -0.3 is 4.74 Å². The van der Waals surface area contributed by atoms with Gasteiger partial charge in [-0.25, -0.2) is 0 Å². The number of cyclic esters (lactones) is 1. The maximum atomic E-state index is 12.0. The lowest BCUT2D eigenvalue weighted by Crippen LogP contribution is -2.52. The van der Waals surface area contributed by atoms with Gasteiger partial charge >= 0.3 is 5.97 Å². The van der Waals surface area contributed by atoms with Crippen LogP contribution in [0.2, 0.25) is 0 Å². The van der Waals surface area contributed by atoms with E-state index in [9.17, 15) is 9.59 Å². The summed E-state index contributed by atoms with van der Waals surface area (Å²) in [5.74, 6) is 0.518. The molecule has 0 amide bonds. The number of carbonyl (C=O) groups excluding carboxylic acids is 2. The van der Waals surface area contributed by atoms with Crippen molar-refractivity contribution in [2.75, 3.05) is 13.2 Å². The number of hydrogen-bond donors (Lipinski definition) is 0. The molecule has 0 aromatic carbocycles. The third-order valence-corrected chi connectivity index (χ3v) is 4.72. The quantitative estimate of drug-likeness (QED) is 0.698. The fourth-order valence-electron chi connectivity index (χ4n) is 3.83. The number of carbonyl (C=O) groups is 2. The van der Waals surface area contributed by atoms with Gasteiger partial charge in [0.2, 0.25) is 0 Å². The van der Waals surface area contributed by atoms with Crippen LogP contribution in [0.15, 0.2) is 0 Å². The summed E-state index contributed by atoms with van der Waals surface area (Å²) in [6.07, 6.45) is 6.99. The molecule has 100 valence electrons. The Morgan fingerprint density at radius 2 is 1.94 bits per heavy atom. The summed E-state index contributed by atoms with van der Waals surface area (Å²) in [6, 6.07) is 0.216. The van der Waals surface area contributed by atoms with Crippen molar-refractivity contribution in [1.29, 1.82) is 0 Å². The van der Waals surface area contributed by atoms with Crippen molar-refractivity contribution in [3.63, 3.8) is 0 Å². The molecule has 0 aromatic rings. The average Bonchev–Trinajstić information content (AvgIpc) is 2.98. The second kappa shape index (κ2) is 5.00. The van der Waals surface area contributed by atoms with Crippen molar-refractivity contribution in [3.8, 4) is 0 Å². The number of Topliss-reactive ketones (excluding diaryl/α,β-unsaturated/α-hetero) is 1. The first-order valence-corrected chi connectivity index (χ1v) is 7.22. The molecule has 0 spiro atoms. The Morgan fingerprint density at radius 1 is 1.06 bits per heavy atom. The molecule has 18 heavy (non-hydrogen) atoms. The molecule has 3 fully saturated rings. The highest BCUT2D eigenvalue weighted by molar-refractivity contribution is 5.84. The Morgan fingerprint density at radius 3 is 2.61 bits per heavy atom. The molecule has 2 saturated heterocycles. The molecule has 0 radical (unpaired) electrons. The zero-order chi connectivity index (χ0) is 12.5. The molecule has 0 N–H and O–H groups in total. The summed E-state index contributed by atoms with van der Waals surface area (Å²) in [5.41, 5.74) is 0. The van der Waals surface area contributed by atoms with Crippen LogP contribution < -0.4 is 0 Å². The van der Waals surface area contributed by atoms with Crippen LogP contribution in [-0.2, 0) is 14.3 Å². The maximum absolute atomic E-state index is 12.0. The maximum Gasteiger partial charge on any atom is 0.323 e. The van der Waals surface area contributed by atoms with Gasteiger partial charge in [-0.1, -0.05) is 6.42 Å². The van der Waals surface area contributed by atoms with Gasteiger partial charge in [-0.05, 0) is 32.2 Å². The van der Waals surface area contributed by atoms with Gasteiger partial charge in [0.05, 0.1) is 6.61 Å². The number of rotatable bonds is 2. The normalized spacial score (nSPS) is 38.1. The summed E-state index contributed by atoms with van der Waals surface area (Å²) in [7, 11) is 0. The monoisotopic (exact) mass is 251 g/mol. The molecule has 3 atom stereocenters. The van der Waals surface area contributed by atoms with Crippen LogP contribution >= 0.6 is 0 Å². The van der Waals surface area contributed by atoms with Crippen LogP contribution in [0, 0.1) is 5.92 Å². The first-order chi connectivity index (χ1) is 8.77. The van der Waals surface area contributed by atoms with Gasteiger partial charge in [0.15, 0.2) is 0 Å². The van der Waals surface area contributed by atoms with Gasteiger partial charge in [0.1, 0.15) is 11.8 Å². The van der Waals surface area contributed by atoms with E-state index in [2.05, 4.69) is 4.90 Å². The molecular weight excluding hydrogens is 230 g/mol. The molecule has 1 saturated carbocycles. The van der Waals surface area contributed by atoms with Gasteiger partial charge in [0, 0.05) is 24.8 Å². The van der Waals surface area contributed by atoms with Gasteiger partial charge in [-0.15, -0.1) is 0 Å². The molecule has 3 aliphatic rings. The summed E-state index contributed by atoms with van der Waals surface area (Å²) >= 11 is 0. The minimum Gasteiger partial charge on any atom is -0.464 e. The van der Waals surface area contributed by atoms with Crippen LogP contribution in [0.4, 0.5) is 0 Å². The van der Waals surface area contributed by atoms with E-state index in [-0.39, 0.29) is 17.9 Å². The molecular formula is C14H21NO3. The molecule has 2 heterocycles. The van der Waals surface area contributed by atoms with Crippen molar-refractivity contribution >= 4 is 11.8 Å². The lowest BCUT2D eigenvalue weighted by Gasteiger charge is -2.40. The summed E-state index contributed by atoms with van der Waals surface area (Å²) in [6.45, 7) is 1.50. The Labute approximate surface area is 108 Å².